The van der Waals surface area contributed by atoms with E-state index in [4.69, 9.17) is 0 Å². The van der Waals surface area contributed by atoms with Gasteiger partial charge in [0.25, 0.3) is 10.2 Å². The number of aromatic amines is 1. The molecule has 1 saturated heterocycles. The Balaban J connectivity index is 1.98. The van der Waals surface area contributed by atoms with E-state index in [2.05, 4.69) is 14.9 Å². The summed E-state index contributed by atoms with van der Waals surface area (Å²) in [6, 6.07) is 0.0885. The molecule has 7 heteroatoms. The minimum absolute atomic E-state index is 0.0885. The molecule has 1 aromatic heterocycles. The predicted octanol–water partition coefficient (Wildman–Crippen LogP) is 0.618. The number of nitrogens with one attached hydrogen (secondary N) is 2. The molecule has 1 aromatic rings. The van der Waals surface area contributed by atoms with Gasteiger partial charge in [-0.2, -0.15) is 22.5 Å². The van der Waals surface area contributed by atoms with Gasteiger partial charge in [0.1, 0.15) is 0 Å². The fraction of sp³-hybridized carbons (Fsp3) is 0.700. The van der Waals surface area contributed by atoms with Gasteiger partial charge in [0.05, 0.1) is 6.20 Å². The zero-order valence-corrected chi connectivity index (χ0v) is 10.7. The molecule has 2 heterocycles. The smallest absolute Gasteiger partial charge is 0.279 e. The van der Waals surface area contributed by atoms with Gasteiger partial charge in [-0.05, 0) is 19.8 Å². The van der Waals surface area contributed by atoms with Gasteiger partial charge in [-0.25, -0.2) is 0 Å². The van der Waals surface area contributed by atoms with Crippen LogP contribution in [-0.4, -0.2) is 35.5 Å². The first-order valence-corrected chi connectivity index (χ1v) is 7.28. The van der Waals surface area contributed by atoms with E-state index in [1.165, 1.54) is 0 Å². The molecule has 1 unspecified atom stereocenters. The van der Waals surface area contributed by atoms with Crippen molar-refractivity contribution in [1.82, 2.24) is 19.2 Å². The zero-order chi connectivity index (χ0) is 12.3. The van der Waals surface area contributed by atoms with Crippen molar-refractivity contribution in [3.8, 4) is 0 Å². The Morgan fingerprint density at radius 1 is 1.59 bits per heavy atom. The van der Waals surface area contributed by atoms with Crippen molar-refractivity contribution in [1.29, 1.82) is 0 Å². The highest BCUT2D eigenvalue weighted by molar-refractivity contribution is 7.87. The second-order valence-corrected chi connectivity index (χ2v) is 6.10. The average molecular weight is 258 g/mol. The summed E-state index contributed by atoms with van der Waals surface area (Å²) in [5.74, 6) is 0. The molecule has 1 aliphatic heterocycles. The van der Waals surface area contributed by atoms with Crippen LogP contribution in [0.2, 0.25) is 0 Å². The quantitative estimate of drug-likeness (QED) is 0.831. The molecule has 0 saturated carbocycles. The average Bonchev–Trinajstić information content (AvgIpc) is 2.80. The van der Waals surface area contributed by atoms with Crippen molar-refractivity contribution >= 4 is 10.2 Å². The van der Waals surface area contributed by atoms with Crippen LogP contribution in [0.4, 0.5) is 0 Å². The van der Waals surface area contributed by atoms with E-state index in [1.807, 2.05) is 6.92 Å². The van der Waals surface area contributed by atoms with Crippen molar-refractivity contribution in [2.75, 3.05) is 6.54 Å². The molecule has 17 heavy (non-hydrogen) atoms. The number of nitrogens with zero attached hydrogens (tertiary/aromatic N) is 2. The van der Waals surface area contributed by atoms with Crippen LogP contribution in [0.5, 0.6) is 0 Å². The second kappa shape index (κ2) is 5.16. The molecule has 0 amide bonds. The number of rotatable bonds is 4. The summed E-state index contributed by atoms with van der Waals surface area (Å²) in [6.07, 6.45) is 6.28. The van der Waals surface area contributed by atoms with Crippen molar-refractivity contribution in [3.63, 3.8) is 0 Å². The highest BCUT2D eigenvalue weighted by Gasteiger charge is 2.28. The highest BCUT2D eigenvalue weighted by atomic mass is 32.2. The van der Waals surface area contributed by atoms with Crippen LogP contribution in [0.25, 0.3) is 0 Å². The van der Waals surface area contributed by atoms with Crippen LogP contribution in [0.15, 0.2) is 12.4 Å². The Kier molecular flexibility index (Phi) is 3.80. The van der Waals surface area contributed by atoms with Crippen LogP contribution in [0.3, 0.4) is 0 Å². The summed E-state index contributed by atoms with van der Waals surface area (Å²) in [7, 11) is -3.37. The Morgan fingerprint density at radius 3 is 3.06 bits per heavy atom. The van der Waals surface area contributed by atoms with Crippen LogP contribution >= 0.6 is 0 Å². The monoisotopic (exact) mass is 258 g/mol. The third kappa shape index (κ3) is 3.05. The summed E-state index contributed by atoms with van der Waals surface area (Å²) in [6.45, 7) is 2.85. The number of hydrogen-bond acceptors (Lipinski definition) is 3. The maximum absolute atomic E-state index is 12.1. The molecule has 0 radical (unpaired) electrons. The highest BCUT2D eigenvalue weighted by Crippen LogP contribution is 2.19. The number of hydrogen-bond donors (Lipinski definition) is 2. The third-order valence-electron chi connectivity index (χ3n) is 3.06. The summed E-state index contributed by atoms with van der Waals surface area (Å²) in [5.41, 5.74) is 0.832. The molecular formula is C10H18N4O2S. The van der Waals surface area contributed by atoms with Crippen molar-refractivity contribution < 1.29 is 8.42 Å². The molecule has 1 fully saturated rings. The van der Waals surface area contributed by atoms with E-state index in [1.54, 1.807) is 16.7 Å². The maximum atomic E-state index is 12.1. The first-order chi connectivity index (χ1) is 8.09. The molecule has 1 atom stereocenters. The van der Waals surface area contributed by atoms with Crippen molar-refractivity contribution in [3.05, 3.63) is 18.0 Å². The number of H-pyrrole nitrogens is 1. The van der Waals surface area contributed by atoms with Gasteiger partial charge in [-0.1, -0.05) is 6.42 Å². The Morgan fingerprint density at radius 2 is 2.41 bits per heavy atom. The molecule has 6 nitrogen and oxygen atoms in total. The van der Waals surface area contributed by atoms with Gasteiger partial charge >= 0.3 is 0 Å². The fourth-order valence-electron chi connectivity index (χ4n) is 2.06. The Hall–Kier alpha value is -0.920. The molecule has 2 N–H and O–H groups in total. The van der Waals surface area contributed by atoms with Crippen LogP contribution in [0, 0.1) is 0 Å². The van der Waals surface area contributed by atoms with Crippen LogP contribution in [-0.2, 0) is 16.8 Å². The molecular weight excluding hydrogens is 240 g/mol. The zero-order valence-electron chi connectivity index (χ0n) is 9.89. The Labute approximate surface area is 102 Å². The Bertz CT molecular complexity index is 443. The SMILES string of the molecule is CC1CCCCN1S(=O)(=O)NCc1cn[nH]c1. The number of aromatic nitrogens is 2. The first kappa shape index (κ1) is 12.5. The molecule has 0 spiro atoms. The lowest BCUT2D eigenvalue weighted by Gasteiger charge is -2.32. The van der Waals surface area contributed by atoms with Gasteiger partial charge in [-0.15, -0.1) is 0 Å². The summed E-state index contributed by atoms with van der Waals surface area (Å²) < 4.78 is 28.3. The van der Waals surface area contributed by atoms with E-state index in [0.29, 0.717) is 6.54 Å². The molecule has 0 aromatic carbocycles. The third-order valence-corrected chi connectivity index (χ3v) is 4.73. The topological polar surface area (TPSA) is 78.1 Å². The molecule has 0 bridgehead atoms. The van der Waals surface area contributed by atoms with Crippen molar-refractivity contribution in [2.45, 2.75) is 38.8 Å². The summed E-state index contributed by atoms with van der Waals surface area (Å²) >= 11 is 0. The normalized spacial score (nSPS) is 22.8. The molecule has 96 valence electrons. The summed E-state index contributed by atoms with van der Waals surface area (Å²) in [5, 5.41) is 6.43. The van der Waals surface area contributed by atoms with E-state index in [9.17, 15) is 8.42 Å². The largest absolute Gasteiger partial charge is 0.285 e. The lowest BCUT2D eigenvalue weighted by Crippen LogP contribution is -2.47. The van der Waals surface area contributed by atoms with E-state index in [0.717, 1.165) is 24.8 Å². The second-order valence-electron chi connectivity index (χ2n) is 4.39. The first-order valence-electron chi connectivity index (χ1n) is 5.83. The standard InChI is InChI=1S/C10H18N4O2S/c1-9-4-2-3-5-14(9)17(15,16)13-8-10-6-11-12-7-10/h6-7,9,13H,2-5,8H2,1H3,(H,11,12). The van der Waals surface area contributed by atoms with E-state index >= 15 is 0 Å². The number of piperidine rings is 1. The fourth-order valence-corrected chi connectivity index (χ4v) is 3.52. The molecule has 2 rings (SSSR count). The minimum atomic E-state index is -3.37. The molecule has 0 aliphatic carbocycles. The van der Waals surface area contributed by atoms with Crippen LogP contribution in [0.1, 0.15) is 31.7 Å². The van der Waals surface area contributed by atoms with Gasteiger partial charge in [0.15, 0.2) is 0 Å². The van der Waals surface area contributed by atoms with Gasteiger partial charge < -0.3 is 0 Å². The lowest BCUT2D eigenvalue weighted by molar-refractivity contribution is 0.265. The molecule has 1 aliphatic rings. The van der Waals surface area contributed by atoms with Crippen molar-refractivity contribution in [2.24, 2.45) is 0 Å². The minimum Gasteiger partial charge on any atom is -0.285 e. The van der Waals surface area contributed by atoms with Crippen LogP contribution < -0.4 is 4.72 Å². The van der Waals surface area contributed by atoms with Gasteiger partial charge in [-0.3, -0.25) is 5.10 Å². The lowest BCUT2D eigenvalue weighted by atomic mass is 10.1. The van der Waals surface area contributed by atoms with Gasteiger partial charge in [0, 0.05) is 30.9 Å². The predicted molar refractivity (Wildman–Crippen MR) is 64.4 cm³/mol. The van der Waals surface area contributed by atoms with E-state index < -0.39 is 10.2 Å². The van der Waals surface area contributed by atoms with E-state index in [-0.39, 0.29) is 12.6 Å². The summed E-state index contributed by atoms with van der Waals surface area (Å²) in [4.78, 5) is 0. The van der Waals surface area contributed by atoms with Gasteiger partial charge in [0.2, 0.25) is 0 Å². The maximum Gasteiger partial charge on any atom is 0.279 e.